The maximum Gasteiger partial charge on any atom is 0.292 e. The molecule has 0 spiro atoms. The lowest BCUT2D eigenvalue weighted by atomic mass is 10.1. The van der Waals surface area contributed by atoms with E-state index in [0.717, 1.165) is 36.1 Å². The predicted molar refractivity (Wildman–Crippen MR) is 86.6 cm³/mol. The smallest absolute Gasteiger partial charge is 0.292 e. The van der Waals surface area contributed by atoms with Crippen molar-refractivity contribution in [3.8, 4) is 5.69 Å². The maximum absolute atomic E-state index is 13.8. The van der Waals surface area contributed by atoms with Gasteiger partial charge in [-0.15, -0.1) is 0 Å². The van der Waals surface area contributed by atoms with E-state index >= 15 is 0 Å². The number of aliphatic hydroxyl groups is 1. The van der Waals surface area contributed by atoms with Gasteiger partial charge in [-0.25, -0.2) is 8.78 Å². The van der Waals surface area contributed by atoms with Gasteiger partial charge in [-0.05, 0) is 25.0 Å². The van der Waals surface area contributed by atoms with Crippen LogP contribution in [0.2, 0.25) is 5.02 Å². The first-order valence-corrected chi connectivity index (χ1v) is 8.00. The van der Waals surface area contributed by atoms with Gasteiger partial charge in [0.05, 0.1) is 18.0 Å². The molecule has 2 unspecified atom stereocenters. The lowest BCUT2D eigenvalue weighted by Crippen LogP contribution is -2.26. The second-order valence-corrected chi connectivity index (χ2v) is 6.20. The van der Waals surface area contributed by atoms with E-state index in [0.29, 0.717) is 18.3 Å². The predicted octanol–water partition coefficient (Wildman–Crippen LogP) is 2.74. The molecule has 1 fully saturated rings. The van der Waals surface area contributed by atoms with Gasteiger partial charge >= 0.3 is 0 Å². The third kappa shape index (κ3) is 3.27. The monoisotopic (exact) mass is 355 g/mol. The van der Waals surface area contributed by atoms with Crippen molar-refractivity contribution in [1.82, 2.24) is 9.78 Å². The molecule has 1 aliphatic rings. The highest BCUT2D eigenvalue weighted by Gasteiger charge is 2.25. The average molecular weight is 356 g/mol. The minimum Gasteiger partial charge on any atom is -0.393 e. The van der Waals surface area contributed by atoms with Gasteiger partial charge in [-0.2, -0.15) is 9.78 Å². The van der Waals surface area contributed by atoms with Crippen LogP contribution in [0.5, 0.6) is 0 Å². The maximum atomic E-state index is 13.8. The van der Waals surface area contributed by atoms with E-state index in [1.807, 2.05) is 0 Å². The number of nitrogens with zero attached hydrogens (tertiary/aromatic N) is 2. The highest BCUT2D eigenvalue weighted by molar-refractivity contribution is 6.32. The number of benzene rings is 1. The number of hydrogen-bond donors (Lipinski definition) is 2. The molecule has 8 heteroatoms. The number of anilines is 1. The minimum absolute atomic E-state index is 0.0954. The molecular formula is C16H16ClF2N3O2. The molecule has 0 bridgehead atoms. The zero-order valence-electron chi connectivity index (χ0n) is 12.7. The van der Waals surface area contributed by atoms with E-state index in [1.54, 1.807) is 0 Å². The van der Waals surface area contributed by atoms with Gasteiger partial charge in [0.25, 0.3) is 5.56 Å². The van der Waals surface area contributed by atoms with Crippen LogP contribution in [0.1, 0.15) is 19.3 Å². The van der Waals surface area contributed by atoms with Crippen LogP contribution in [-0.4, -0.2) is 27.5 Å². The van der Waals surface area contributed by atoms with Crippen molar-refractivity contribution in [1.29, 1.82) is 0 Å². The summed E-state index contributed by atoms with van der Waals surface area (Å²) in [5.41, 5.74) is -0.570. The second kappa shape index (κ2) is 6.86. The standard InChI is InChI=1S/C16H16ClF2N3O2/c17-15-12(20-7-9-2-1-3-14(9)23)8-21-22(16(15)24)13-5-4-10(18)6-11(13)19/h4-6,8-9,14,20,23H,1-3,7H2. The fraction of sp³-hybridized carbons (Fsp3) is 0.375. The number of aliphatic hydroxyl groups excluding tert-OH is 1. The Labute approximate surface area is 141 Å². The largest absolute Gasteiger partial charge is 0.393 e. The van der Waals surface area contributed by atoms with E-state index in [2.05, 4.69) is 10.4 Å². The molecule has 2 N–H and O–H groups in total. The Bertz CT molecular complexity index is 812. The van der Waals surface area contributed by atoms with E-state index in [9.17, 15) is 18.7 Å². The quantitative estimate of drug-likeness (QED) is 0.885. The number of nitrogens with one attached hydrogen (secondary N) is 1. The molecule has 2 aromatic rings. The van der Waals surface area contributed by atoms with Gasteiger partial charge in [0.2, 0.25) is 0 Å². The molecular weight excluding hydrogens is 340 g/mol. The summed E-state index contributed by atoms with van der Waals surface area (Å²) in [6.07, 6.45) is 3.58. The van der Waals surface area contributed by atoms with Crippen molar-refractivity contribution < 1.29 is 13.9 Å². The van der Waals surface area contributed by atoms with Gasteiger partial charge in [0, 0.05) is 18.5 Å². The summed E-state index contributed by atoms with van der Waals surface area (Å²) in [4.78, 5) is 12.3. The van der Waals surface area contributed by atoms with Crippen LogP contribution < -0.4 is 10.9 Å². The Hall–Kier alpha value is -1.99. The van der Waals surface area contributed by atoms with Crippen molar-refractivity contribution in [3.05, 3.63) is 51.4 Å². The van der Waals surface area contributed by atoms with Crippen molar-refractivity contribution >= 4 is 17.3 Å². The molecule has 1 aliphatic carbocycles. The number of aromatic nitrogens is 2. The SMILES string of the molecule is O=c1c(Cl)c(NCC2CCCC2O)cnn1-c1ccc(F)cc1F. The van der Waals surface area contributed by atoms with Crippen LogP contribution >= 0.6 is 11.6 Å². The normalized spacial score (nSPS) is 20.3. The van der Waals surface area contributed by atoms with Crippen molar-refractivity contribution in [3.63, 3.8) is 0 Å². The average Bonchev–Trinajstić information content (AvgIpc) is 2.95. The Morgan fingerprint density at radius 2 is 2.17 bits per heavy atom. The highest BCUT2D eigenvalue weighted by atomic mass is 35.5. The highest BCUT2D eigenvalue weighted by Crippen LogP contribution is 2.26. The molecule has 1 heterocycles. The van der Waals surface area contributed by atoms with Crippen LogP contribution in [-0.2, 0) is 0 Å². The molecule has 0 saturated heterocycles. The summed E-state index contributed by atoms with van der Waals surface area (Å²) in [7, 11) is 0. The van der Waals surface area contributed by atoms with E-state index in [1.165, 1.54) is 6.20 Å². The number of rotatable bonds is 4. The third-order valence-corrected chi connectivity index (χ3v) is 4.60. The molecule has 1 aromatic carbocycles. The first kappa shape index (κ1) is 16.9. The molecule has 3 rings (SSSR count). The second-order valence-electron chi connectivity index (χ2n) is 5.82. The molecule has 1 saturated carbocycles. The van der Waals surface area contributed by atoms with Crippen LogP contribution in [0.25, 0.3) is 5.69 Å². The van der Waals surface area contributed by atoms with E-state index in [4.69, 9.17) is 11.6 Å². The fourth-order valence-electron chi connectivity index (χ4n) is 2.88. The van der Waals surface area contributed by atoms with Crippen LogP contribution in [0.4, 0.5) is 14.5 Å². The van der Waals surface area contributed by atoms with Crippen molar-refractivity contribution in [2.45, 2.75) is 25.4 Å². The van der Waals surface area contributed by atoms with E-state index < -0.39 is 17.2 Å². The van der Waals surface area contributed by atoms with Gasteiger partial charge in [0.15, 0.2) is 5.82 Å². The Kier molecular flexibility index (Phi) is 4.82. The molecule has 2 atom stereocenters. The Balaban J connectivity index is 1.85. The summed E-state index contributed by atoms with van der Waals surface area (Å²) in [5, 5.41) is 16.6. The molecule has 5 nitrogen and oxygen atoms in total. The molecule has 24 heavy (non-hydrogen) atoms. The Morgan fingerprint density at radius 3 is 2.83 bits per heavy atom. The molecule has 0 radical (unpaired) electrons. The Morgan fingerprint density at radius 1 is 1.38 bits per heavy atom. The topological polar surface area (TPSA) is 67.2 Å². The summed E-state index contributed by atoms with van der Waals surface area (Å²) < 4.78 is 27.6. The summed E-state index contributed by atoms with van der Waals surface area (Å²) in [6, 6.07) is 2.83. The summed E-state index contributed by atoms with van der Waals surface area (Å²) in [6.45, 7) is 0.469. The van der Waals surface area contributed by atoms with Gasteiger partial charge in [-0.1, -0.05) is 18.0 Å². The fourth-order valence-corrected chi connectivity index (χ4v) is 3.07. The molecule has 1 aromatic heterocycles. The van der Waals surface area contributed by atoms with E-state index in [-0.39, 0.29) is 22.7 Å². The zero-order valence-corrected chi connectivity index (χ0v) is 13.4. The lowest BCUT2D eigenvalue weighted by Gasteiger charge is -2.16. The molecule has 128 valence electrons. The van der Waals surface area contributed by atoms with Crippen LogP contribution in [0, 0.1) is 17.6 Å². The number of hydrogen-bond acceptors (Lipinski definition) is 4. The van der Waals surface area contributed by atoms with Crippen LogP contribution in [0.15, 0.2) is 29.2 Å². The third-order valence-electron chi connectivity index (χ3n) is 4.23. The number of halogens is 3. The van der Waals surface area contributed by atoms with Crippen molar-refractivity contribution in [2.75, 3.05) is 11.9 Å². The van der Waals surface area contributed by atoms with Gasteiger partial charge in [0.1, 0.15) is 16.5 Å². The molecule has 0 aliphatic heterocycles. The summed E-state index contributed by atoms with van der Waals surface area (Å²) >= 11 is 6.06. The van der Waals surface area contributed by atoms with Gasteiger partial charge < -0.3 is 10.4 Å². The molecule has 0 amide bonds. The first-order chi connectivity index (χ1) is 11.5. The van der Waals surface area contributed by atoms with Gasteiger partial charge in [-0.3, -0.25) is 4.79 Å². The summed E-state index contributed by atoms with van der Waals surface area (Å²) in [5.74, 6) is -1.56. The van der Waals surface area contributed by atoms with Crippen molar-refractivity contribution in [2.24, 2.45) is 5.92 Å². The first-order valence-electron chi connectivity index (χ1n) is 7.62. The zero-order chi connectivity index (χ0) is 17.3. The lowest BCUT2D eigenvalue weighted by molar-refractivity contribution is 0.138. The van der Waals surface area contributed by atoms with Crippen LogP contribution in [0.3, 0.4) is 0 Å². The minimum atomic E-state index is -0.907.